The van der Waals surface area contributed by atoms with E-state index in [1.54, 1.807) is 0 Å². The molecule has 33 heavy (non-hydrogen) atoms. The molecule has 0 radical (unpaired) electrons. The average molecular weight is 446 g/mol. The zero-order valence-corrected chi connectivity index (χ0v) is 19.2. The molecule has 1 fully saturated rings. The molecule has 5 rings (SSSR count). The topological polar surface area (TPSA) is 72.3 Å². The van der Waals surface area contributed by atoms with Gasteiger partial charge in [0.2, 0.25) is 5.91 Å². The summed E-state index contributed by atoms with van der Waals surface area (Å²) in [5.74, 6) is 1.84. The lowest BCUT2D eigenvalue weighted by Crippen LogP contribution is -2.32. The first-order valence-electron chi connectivity index (χ1n) is 11.8. The van der Waals surface area contributed by atoms with E-state index < -0.39 is 0 Å². The molecule has 2 aliphatic heterocycles. The summed E-state index contributed by atoms with van der Waals surface area (Å²) in [7, 11) is 0. The Morgan fingerprint density at radius 1 is 1.12 bits per heavy atom. The van der Waals surface area contributed by atoms with E-state index in [2.05, 4.69) is 80.4 Å². The van der Waals surface area contributed by atoms with Crippen molar-refractivity contribution in [3.8, 4) is 11.1 Å². The van der Waals surface area contributed by atoms with Crippen molar-refractivity contribution in [2.24, 2.45) is 5.92 Å². The predicted molar refractivity (Wildman–Crippen MR) is 126 cm³/mol. The molecule has 2 aromatic carbocycles. The van der Waals surface area contributed by atoms with E-state index in [-0.39, 0.29) is 11.8 Å². The largest absolute Gasteiger partial charge is 0.381 e. The number of amides is 1. The van der Waals surface area contributed by atoms with Crippen molar-refractivity contribution < 1.29 is 9.53 Å². The van der Waals surface area contributed by atoms with Crippen LogP contribution in [0, 0.1) is 12.8 Å². The highest BCUT2D eigenvalue weighted by Gasteiger charge is 2.24. The number of hydrogen-bond donors (Lipinski definition) is 1. The van der Waals surface area contributed by atoms with Crippen molar-refractivity contribution in [1.82, 2.24) is 25.0 Å². The first kappa shape index (κ1) is 21.8. The van der Waals surface area contributed by atoms with Crippen LogP contribution < -0.4 is 5.32 Å². The van der Waals surface area contributed by atoms with Crippen LogP contribution >= 0.6 is 0 Å². The molecule has 7 heteroatoms. The summed E-state index contributed by atoms with van der Waals surface area (Å²) >= 11 is 0. The molecule has 0 saturated carbocycles. The zero-order chi connectivity index (χ0) is 22.6. The van der Waals surface area contributed by atoms with E-state index in [4.69, 9.17) is 4.74 Å². The maximum atomic E-state index is 12.3. The van der Waals surface area contributed by atoms with Crippen molar-refractivity contribution in [2.75, 3.05) is 26.3 Å². The summed E-state index contributed by atoms with van der Waals surface area (Å²) in [6.45, 7) is 7.37. The van der Waals surface area contributed by atoms with Gasteiger partial charge in [-0.25, -0.2) is 0 Å². The molecule has 0 spiro atoms. The second kappa shape index (κ2) is 9.85. The fraction of sp³-hybridized carbons (Fsp3) is 0.423. The molecule has 0 bridgehead atoms. The molecule has 7 nitrogen and oxygen atoms in total. The zero-order valence-electron chi connectivity index (χ0n) is 19.2. The van der Waals surface area contributed by atoms with Crippen LogP contribution in [0.25, 0.3) is 11.1 Å². The van der Waals surface area contributed by atoms with Crippen LogP contribution in [0.2, 0.25) is 0 Å². The quantitative estimate of drug-likeness (QED) is 0.632. The minimum Gasteiger partial charge on any atom is -0.381 e. The molecule has 0 unspecified atom stereocenters. The summed E-state index contributed by atoms with van der Waals surface area (Å²) in [6, 6.07) is 17.4. The minimum absolute atomic E-state index is 0.0394. The van der Waals surface area contributed by atoms with Gasteiger partial charge in [-0.1, -0.05) is 42.5 Å². The van der Waals surface area contributed by atoms with Crippen LogP contribution in [0.15, 0.2) is 48.5 Å². The first-order valence-corrected chi connectivity index (χ1v) is 11.8. The lowest BCUT2D eigenvalue weighted by atomic mass is 9.99. The fourth-order valence-corrected chi connectivity index (χ4v) is 4.76. The number of ether oxygens (including phenoxy) is 1. The van der Waals surface area contributed by atoms with Gasteiger partial charge in [0.1, 0.15) is 5.82 Å². The van der Waals surface area contributed by atoms with E-state index in [9.17, 15) is 4.79 Å². The number of carbonyl (C=O) groups is 1. The minimum atomic E-state index is -0.0394. The Morgan fingerprint density at radius 3 is 2.88 bits per heavy atom. The molecule has 1 amide bonds. The van der Waals surface area contributed by atoms with Gasteiger partial charge in [-0.3, -0.25) is 9.69 Å². The predicted octanol–water partition coefficient (Wildman–Crippen LogP) is 2.96. The molecule has 1 aromatic heterocycles. The summed E-state index contributed by atoms with van der Waals surface area (Å²) in [4.78, 5) is 14.8. The van der Waals surface area contributed by atoms with E-state index in [0.717, 1.165) is 50.7 Å². The molecule has 0 aliphatic carbocycles. The number of nitrogens with one attached hydrogen (secondary N) is 1. The van der Waals surface area contributed by atoms with Crippen LogP contribution in [-0.4, -0.2) is 51.9 Å². The monoisotopic (exact) mass is 445 g/mol. The van der Waals surface area contributed by atoms with Crippen LogP contribution in [0.5, 0.6) is 0 Å². The molecule has 3 heterocycles. The van der Waals surface area contributed by atoms with Crippen LogP contribution in [0.3, 0.4) is 0 Å². The van der Waals surface area contributed by atoms with Crippen molar-refractivity contribution in [1.29, 1.82) is 0 Å². The third kappa shape index (κ3) is 4.99. The third-order valence-electron chi connectivity index (χ3n) is 6.71. The highest BCUT2D eigenvalue weighted by molar-refractivity contribution is 5.78. The molecule has 172 valence electrons. The van der Waals surface area contributed by atoms with Crippen molar-refractivity contribution >= 4 is 5.91 Å². The average Bonchev–Trinajstić information content (AvgIpc) is 3.46. The first-order chi connectivity index (χ1) is 16.2. The highest BCUT2D eigenvalue weighted by Crippen LogP contribution is 2.24. The van der Waals surface area contributed by atoms with Gasteiger partial charge < -0.3 is 14.6 Å². The number of fused-ring (bicyclic) bond motifs is 1. The van der Waals surface area contributed by atoms with Gasteiger partial charge >= 0.3 is 0 Å². The van der Waals surface area contributed by atoms with Gasteiger partial charge in [0.05, 0.1) is 19.1 Å². The van der Waals surface area contributed by atoms with Gasteiger partial charge in [0.15, 0.2) is 5.82 Å². The summed E-state index contributed by atoms with van der Waals surface area (Å²) in [5, 5.41) is 11.8. The Morgan fingerprint density at radius 2 is 2.03 bits per heavy atom. The van der Waals surface area contributed by atoms with Gasteiger partial charge in [0, 0.05) is 39.2 Å². The van der Waals surface area contributed by atoms with Crippen molar-refractivity contribution in [3.63, 3.8) is 0 Å². The Kier molecular flexibility index (Phi) is 6.51. The number of benzene rings is 2. The summed E-state index contributed by atoms with van der Waals surface area (Å²) in [5.41, 5.74) is 5.17. The van der Waals surface area contributed by atoms with Crippen molar-refractivity contribution in [2.45, 2.75) is 39.4 Å². The Bertz CT molecular complexity index is 1120. The van der Waals surface area contributed by atoms with Crippen LogP contribution in [0.1, 0.15) is 29.2 Å². The number of aromatic nitrogens is 3. The van der Waals surface area contributed by atoms with Crippen LogP contribution in [-0.2, 0) is 35.6 Å². The van der Waals surface area contributed by atoms with E-state index >= 15 is 0 Å². The van der Waals surface area contributed by atoms with Gasteiger partial charge in [-0.15, -0.1) is 10.2 Å². The van der Waals surface area contributed by atoms with Gasteiger partial charge in [0.25, 0.3) is 0 Å². The van der Waals surface area contributed by atoms with E-state index in [1.165, 1.54) is 22.3 Å². The number of carbonyl (C=O) groups excluding carboxylic acids is 1. The highest BCUT2D eigenvalue weighted by atomic mass is 16.5. The van der Waals surface area contributed by atoms with Gasteiger partial charge in [-0.05, 0) is 41.7 Å². The molecular weight excluding hydrogens is 414 g/mol. The lowest BCUT2D eigenvalue weighted by Gasteiger charge is -2.20. The number of hydrogen-bond acceptors (Lipinski definition) is 5. The van der Waals surface area contributed by atoms with Crippen LogP contribution in [0.4, 0.5) is 0 Å². The second-order valence-corrected chi connectivity index (χ2v) is 9.00. The normalized spacial score (nSPS) is 18.6. The summed E-state index contributed by atoms with van der Waals surface area (Å²) in [6.07, 6.45) is 1.65. The maximum absolute atomic E-state index is 12.3. The molecule has 1 atom stereocenters. The molecule has 1 saturated heterocycles. The fourth-order valence-electron chi connectivity index (χ4n) is 4.76. The number of aryl methyl sites for hydroxylation is 1. The number of rotatable bonds is 6. The van der Waals surface area contributed by atoms with E-state index in [0.29, 0.717) is 19.8 Å². The molecule has 1 N–H and O–H groups in total. The third-order valence-corrected chi connectivity index (χ3v) is 6.71. The SMILES string of the molecule is Cc1ccccc1-c1cccc(CN2CCc3nnc(CNC(=O)[C@@H]4CCOC4)n3CC2)c1. The maximum Gasteiger partial charge on any atom is 0.225 e. The second-order valence-electron chi connectivity index (χ2n) is 9.00. The Balaban J connectivity index is 1.21. The van der Waals surface area contributed by atoms with Gasteiger partial charge in [-0.2, -0.15) is 0 Å². The molecular formula is C26H31N5O2. The van der Waals surface area contributed by atoms with E-state index in [1.807, 2.05) is 0 Å². The Labute approximate surface area is 194 Å². The Hall–Kier alpha value is -3.03. The summed E-state index contributed by atoms with van der Waals surface area (Å²) < 4.78 is 7.50. The number of nitrogens with zero attached hydrogens (tertiary/aromatic N) is 4. The standard InChI is InChI=1S/C26H31N5O2/c1-19-5-2-3-8-23(19)21-7-4-6-20(15-21)17-30-11-9-24-28-29-25(31(24)13-12-30)16-27-26(32)22-10-14-33-18-22/h2-8,15,22H,9-14,16-18H2,1H3,(H,27,32)/t22-/m1/s1. The smallest absolute Gasteiger partial charge is 0.225 e. The van der Waals surface area contributed by atoms with Crippen molar-refractivity contribution in [3.05, 3.63) is 71.3 Å². The lowest BCUT2D eigenvalue weighted by molar-refractivity contribution is -0.125. The molecule has 3 aromatic rings. The molecule has 2 aliphatic rings.